The molecule has 1 heterocycles. The topological polar surface area (TPSA) is 49.8 Å². The molecule has 20 heavy (non-hydrogen) atoms. The lowest BCUT2D eigenvalue weighted by Gasteiger charge is -2.34. The largest absolute Gasteiger partial charge is 0.497 e. The van der Waals surface area contributed by atoms with Gasteiger partial charge in [0.05, 0.1) is 13.5 Å². The molecule has 5 heteroatoms. The average Bonchev–Trinajstić information content (AvgIpc) is 2.46. The SMILES string of the molecule is COc1ccc(CCN2CCSCC2CC(=O)O)cc1. The zero-order chi connectivity index (χ0) is 14.4. The van der Waals surface area contributed by atoms with E-state index < -0.39 is 5.97 Å². The number of carboxylic acid groups (broad SMARTS) is 1. The van der Waals surface area contributed by atoms with Crippen molar-refractivity contribution in [2.45, 2.75) is 18.9 Å². The van der Waals surface area contributed by atoms with Crippen molar-refractivity contribution >= 4 is 17.7 Å². The van der Waals surface area contributed by atoms with Crippen molar-refractivity contribution in [2.75, 3.05) is 31.7 Å². The first-order valence-electron chi connectivity index (χ1n) is 6.85. The Morgan fingerprint density at radius 3 is 2.85 bits per heavy atom. The fraction of sp³-hybridized carbons (Fsp3) is 0.533. The Morgan fingerprint density at radius 1 is 1.45 bits per heavy atom. The Morgan fingerprint density at radius 2 is 2.20 bits per heavy atom. The quantitative estimate of drug-likeness (QED) is 0.871. The van der Waals surface area contributed by atoms with Crippen molar-refractivity contribution in [1.82, 2.24) is 4.90 Å². The van der Waals surface area contributed by atoms with Gasteiger partial charge in [0.1, 0.15) is 5.75 Å². The molecule has 1 aromatic carbocycles. The molecule has 110 valence electrons. The van der Waals surface area contributed by atoms with E-state index in [2.05, 4.69) is 17.0 Å². The molecule has 1 atom stereocenters. The van der Waals surface area contributed by atoms with E-state index in [1.807, 2.05) is 23.9 Å². The maximum absolute atomic E-state index is 10.9. The van der Waals surface area contributed by atoms with Crippen LogP contribution in [0.15, 0.2) is 24.3 Å². The molecule has 0 bridgehead atoms. The molecule has 1 aliphatic heterocycles. The second-order valence-corrected chi connectivity index (χ2v) is 6.11. The number of carboxylic acids is 1. The summed E-state index contributed by atoms with van der Waals surface area (Å²) in [6, 6.07) is 8.25. The van der Waals surface area contributed by atoms with E-state index in [9.17, 15) is 4.79 Å². The second-order valence-electron chi connectivity index (χ2n) is 4.96. The number of aliphatic carboxylic acids is 1. The lowest BCUT2D eigenvalue weighted by molar-refractivity contribution is -0.138. The Bertz CT molecular complexity index is 435. The molecule has 0 spiro atoms. The van der Waals surface area contributed by atoms with Crippen LogP contribution in [0.5, 0.6) is 5.75 Å². The summed E-state index contributed by atoms with van der Waals surface area (Å²) >= 11 is 1.85. The van der Waals surface area contributed by atoms with Gasteiger partial charge in [-0.05, 0) is 24.1 Å². The van der Waals surface area contributed by atoms with Crippen LogP contribution >= 0.6 is 11.8 Å². The van der Waals surface area contributed by atoms with Crippen molar-refractivity contribution in [3.8, 4) is 5.75 Å². The summed E-state index contributed by atoms with van der Waals surface area (Å²) in [6.45, 7) is 1.91. The van der Waals surface area contributed by atoms with Gasteiger partial charge < -0.3 is 9.84 Å². The predicted octanol–water partition coefficient (Wildman–Crippen LogP) is 2.13. The molecule has 2 rings (SSSR count). The van der Waals surface area contributed by atoms with Gasteiger partial charge in [0.25, 0.3) is 0 Å². The highest BCUT2D eigenvalue weighted by molar-refractivity contribution is 7.99. The van der Waals surface area contributed by atoms with E-state index in [1.165, 1.54) is 5.56 Å². The number of benzene rings is 1. The van der Waals surface area contributed by atoms with Gasteiger partial charge in [-0.15, -0.1) is 0 Å². The van der Waals surface area contributed by atoms with Crippen LogP contribution in [0.4, 0.5) is 0 Å². The van der Waals surface area contributed by atoms with E-state index in [1.54, 1.807) is 7.11 Å². The maximum Gasteiger partial charge on any atom is 0.304 e. The summed E-state index contributed by atoms with van der Waals surface area (Å²) in [5.74, 6) is 2.19. The predicted molar refractivity (Wildman–Crippen MR) is 81.6 cm³/mol. The second kappa shape index (κ2) is 7.55. The van der Waals surface area contributed by atoms with Crippen molar-refractivity contribution in [3.05, 3.63) is 29.8 Å². The Kier molecular flexibility index (Phi) is 5.73. The minimum absolute atomic E-state index is 0.171. The molecule has 1 fully saturated rings. The number of methoxy groups -OCH3 is 1. The van der Waals surface area contributed by atoms with E-state index in [4.69, 9.17) is 9.84 Å². The third-order valence-electron chi connectivity index (χ3n) is 3.61. The van der Waals surface area contributed by atoms with E-state index in [-0.39, 0.29) is 12.5 Å². The normalized spacial score (nSPS) is 19.8. The van der Waals surface area contributed by atoms with E-state index in [0.717, 1.165) is 36.8 Å². The van der Waals surface area contributed by atoms with Gasteiger partial charge >= 0.3 is 5.97 Å². The van der Waals surface area contributed by atoms with Gasteiger partial charge in [0.15, 0.2) is 0 Å². The summed E-state index contributed by atoms with van der Waals surface area (Å²) in [5, 5.41) is 8.98. The lowest BCUT2D eigenvalue weighted by atomic mass is 10.1. The zero-order valence-electron chi connectivity index (χ0n) is 11.7. The van der Waals surface area contributed by atoms with Gasteiger partial charge in [0, 0.05) is 30.6 Å². The standard InChI is InChI=1S/C15H21NO3S/c1-19-14-4-2-12(3-5-14)6-7-16-8-9-20-11-13(16)10-15(17)18/h2-5,13H,6-11H2,1H3,(H,17,18). The highest BCUT2D eigenvalue weighted by Gasteiger charge is 2.24. The van der Waals surface area contributed by atoms with Crippen molar-refractivity contribution in [1.29, 1.82) is 0 Å². The number of thioether (sulfide) groups is 1. The molecule has 1 N–H and O–H groups in total. The Balaban J connectivity index is 1.88. The van der Waals surface area contributed by atoms with Gasteiger partial charge in [-0.25, -0.2) is 0 Å². The van der Waals surface area contributed by atoms with Crippen LogP contribution in [-0.2, 0) is 11.2 Å². The summed E-state index contributed by atoms with van der Waals surface area (Å²) in [5.41, 5.74) is 1.26. The minimum atomic E-state index is -0.702. The molecule has 0 aliphatic carbocycles. The molecular formula is C15H21NO3S. The highest BCUT2D eigenvalue weighted by atomic mass is 32.2. The van der Waals surface area contributed by atoms with Crippen LogP contribution in [0.25, 0.3) is 0 Å². The van der Waals surface area contributed by atoms with Crippen LogP contribution in [0, 0.1) is 0 Å². The number of rotatable bonds is 6. The first-order chi connectivity index (χ1) is 9.69. The third kappa shape index (κ3) is 4.42. The molecule has 0 aromatic heterocycles. The summed E-state index contributed by atoms with van der Waals surface area (Å²) < 4.78 is 5.15. The number of carbonyl (C=O) groups is 1. The lowest BCUT2D eigenvalue weighted by Crippen LogP contribution is -2.44. The summed E-state index contributed by atoms with van der Waals surface area (Å²) in [6.07, 6.45) is 1.19. The average molecular weight is 295 g/mol. The molecule has 1 unspecified atom stereocenters. The fourth-order valence-electron chi connectivity index (χ4n) is 2.44. The van der Waals surface area contributed by atoms with Crippen molar-refractivity contribution in [3.63, 3.8) is 0 Å². The van der Waals surface area contributed by atoms with Crippen molar-refractivity contribution < 1.29 is 14.6 Å². The molecule has 0 amide bonds. The maximum atomic E-state index is 10.9. The molecular weight excluding hydrogens is 274 g/mol. The van der Waals surface area contributed by atoms with Crippen molar-refractivity contribution in [2.24, 2.45) is 0 Å². The Hall–Kier alpha value is -1.20. The Labute approximate surface area is 124 Å². The number of nitrogens with zero attached hydrogens (tertiary/aromatic N) is 1. The molecule has 1 aromatic rings. The monoisotopic (exact) mass is 295 g/mol. The van der Waals surface area contributed by atoms with Gasteiger partial charge in [0.2, 0.25) is 0 Å². The number of ether oxygens (including phenoxy) is 1. The van der Waals surface area contributed by atoms with Crippen LogP contribution in [0.2, 0.25) is 0 Å². The van der Waals surface area contributed by atoms with Crippen LogP contribution in [0.1, 0.15) is 12.0 Å². The number of hydrogen-bond acceptors (Lipinski definition) is 4. The van der Waals surface area contributed by atoms with Gasteiger partial charge in [-0.1, -0.05) is 12.1 Å². The highest BCUT2D eigenvalue weighted by Crippen LogP contribution is 2.20. The first-order valence-corrected chi connectivity index (χ1v) is 8.01. The third-order valence-corrected chi connectivity index (χ3v) is 4.70. The summed E-state index contributed by atoms with van der Waals surface area (Å²) in [4.78, 5) is 13.2. The minimum Gasteiger partial charge on any atom is -0.497 e. The zero-order valence-corrected chi connectivity index (χ0v) is 12.6. The van der Waals surface area contributed by atoms with Gasteiger partial charge in [-0.3, -0.25) is 9.69 Å². The molecule has 0 saturated carbocycles. The van der Waals surface area contributed by atoms with Crippen LogP contribution in [0.3, 0.4) is 0 Å². The fourth-order valence-corrected chi connectivity index (χ4v) is 3.57. The van der Waals surface area contributed by atoms with Gasteiger partial charge in [-0.2, -0.15) is 11.8 Å². The van der Waals surface area contributed by atoms with E-state index in [0.29, 0.717) is 0 Å². The summed E-state index contributed by atoms with van der Waals surface area (Å²) in [7, 11) is 1.66. The number of hydrogen-bond donors (Lipinski definition) is 1. The first kappa shape index (κ1) is 15.2. The molecule has 1 aliphatic rings. The molecule has 1 saturated heterocycles. The van der Waals surface area contributed by atoms with E-state index >= 15 is 0 Å². The van der Waals surface area contributed by atoms with Crippen LogP contribution < -0.4 is 4.74 Å². The van der Waals surface area contributed by atoms with Crippen LogP contribution in [-0.4, -0.2) is 53.7 Å². The smallest absolute Gasteiger partial charge is 0.304 e. The molecule has 4 nitrogen and oxygen atoms in total. The molecule has 0 radical (unpaired) electrons.